The standard InChI is InChI=1S/C10H16N2OS/c1-7-9(2-4-11)14-10(12-7)8-3-5-13-6-8/h8H,2-6,11H2,1H3. The van der Waals surface area contributed by atoms with Crippen molar-refractivity contribution in [1.82, 2.24) is 4.98 Å². The molecule has 0 aliphatic carbocycles. The molecule has 0 amide bonds. The lowest BCUT2D eigenvalue weighted by Crippen LogP contribution is -2.01. The van der Waals surface area contributed by atoms with E-state index in [1.165, 1.54) is 9.88 Å². The summed E-state index contributed by atoms with van der Waals surface area (Å²) in [7, 11) is 0. The van der Waals surface area contributed by atoms with Crippen LogP contribution in [0.3, 0.4) is 0 Å². The lowest BCUT2D eigenvalue weighted by molar-refractivity contribution is 0.194. The first-order valence-electron chi connectivity index (χ1n) is 5.05. The second-order valence-electron chi connectivity index (χ2n) is 3.66. The largest absolute Gasteiger partial charge is 0.381 e. The number of hydrogen-bond donors (Lipinski definition) is 1. The molecule has 2 N–H and O–H groups in total. The predicted octanol–water partition coefficient (Wildman–Crippen LogP) is 1.46. The molecule has 1 aliphatic rings. The van der Waals surface area contributed by atoms with E-state index in [-0.39, 0.29) is 0 Å². The summed E-state index contributed by atoms with van der Waals surface area (Å²) in [6.07, 6.45) is 2.08. The van der Waals surface area contributed by atoms with Gasteiger partial charge in [-0.3, -0.25) is 0 Å². The van der Waals surface area contributed by atoms with Crippen molar-refractivity contribution in [2.45, 2.75) is 25.7 Å². The zero-order chi connectivity index (χ0) is 9.97. The summed E-state index contributed by atoms with van der Waals surface area (Å²) in [6, 6.07) is 0. The van der Waals surface area contributed by atoms with Crippen LogP contribution < -0.4 is 5.73 Å². The first-order valence-corrected chi connectivity index (χ1v) is 5.87. The van der Waals surface area contributed by atoms with Crippen LogP contribution in [0.4, 0.5) is 0 Å². The third-order valence-corrected chi connectivity index (χ3v) is 3.94. The summed E-state index contributed by atoms with van der Waals surface area (Å²) in [6.45, 7) is 4.51. The fourth-order valence-electron chi connectivity index (χ4n) is 1.72. The number of aromatic nitrogens is 1. The Hall–Kier alpha value is -0.450. The van der Waals surface area contributed by atoms with Gasteiger partial charge in [0.25, 0.3) is 0 Å². The number of thiazole rings is 1. The molecular formula is C10H16N2OS. The van der Waals surface area contributed by atoms with E-state index in [0.717, 1.165) is 31.7 Å². The van der Waals surface area contributed by atoms with Gasteiger partial charge in [-0.1, -0.05) is 0 Å². The van der Waals surface area contributed by atoms with Gasteiger partial charge in [-0.05, 0) is 26.3 Å². The average molecular weight is 212 g/mol. The maximum atomic E-state index is 5.55. The van der Waals surface area contributed by atoms with Crippen molar-refractivity contribution in [3.63, 3.8) is 0 Å². The van der Waals surface area contributed by atoms with E-state index in [1.807, 2.05) is 11.3 Å². The zero-order valence-electron chi connectivity index (χ0n) is 8.45. The summed E-state index contributed by atoms with van der Waals surface area (Å²) in [5.41, 5.74) is 6.70. The van der Waals surface area contributed by atoms with Crippen LogP contribution in [-0.4, -0.2) is 24.7 Å². The van der Waals surface area contributed by atoms with Gasteiger partial charge in [0.2, 0.25) is 0 Å². The monoisotopic (exact) mass is 212 g/mol. The van der Waals surface area contributed by atoms with Crippen LogP contribution >= 0.6 is 11.3 Å². The van der Waals surface area contributed by atoms with Gasteiger partial charge >= 0.3 is 0 Å². The molecule has 0 spiro atoms. The van der Waals surface area contributed by atoms with E-state index in [9.17, 15) is 0 Å². The molecule has 0 bridgehead atoms. The quantitative estimate of drug-likeness (QED) is 0.825. The van der Waals surface area contributed by atoms with Gasteiger partial charge in [0.1, 0.15) is 0 Å². The Morgan fingerprint density at radius 3 is 3.14 bits per heavy atom. The van der Waals surface area contributed by atoms with Crippen molar-refractivity contribution in [1.29, 1.82) is 0 Å². The molecule has 4 heteroatoms. The SMILES string of the molecule is Cc1nc(C2CCOC2)sc1CCN. The Balaban J connectivity index is 2.14. The Bertz CT molecular complexity index is 305. The molecule has 14 heavy (non-hydrogen) atoms. The minimum absolute atomic E-state index is 0.533. The average Bonchev–Trinajstić information content (AvgIpc) is 2.76. The molecule has 2 heterocycles. The highest BCUT2D eigenvalue weighted by Gasteiger charge is 2.21. The molecule has 3 nitrogen and oxygen atoms in total. The van der Waals surface area contributed by atoms with Crippen molar-refractivity contribution in [3.05, 3.63) is 15.6 Å². The summed E-state index contributed by atoms with van der Waals surface area (Å²) in [4.78, 5) is 5.94. The van der Waals surface area contributed by atoms with Crippen LogP contribution in [0.1, 0.15) is 27.9 Å². The highest BCUT2D eigenvalue weighted by molar-refractivity contribution is 7.11. The molecule has 1 aromatic rings. The number of ether oxygens (including phenoxy) is 1. The van der Waals surface area contributed by atoms with Crippen molar-refractivity contribution in [2.75, 3.05) is 19.8 Å². The van der Waals surface area contributed by atoms with Crippen molar-refractivity contribution < 1.29 is 4.74 Å². The zero-order valence-corrected chi connectivity index (χ0v) is 9.27. The van der Waals surface area contributed by atoms with E-state index >= 15 is 0 Å². The number of rotatable bonds is 3. The molecule has 0 saturated carbocycles. The van der Waals surface area contributed by atoms with E-state index in [2.05, 4.69) is 11.9 Å². The van der Waals surface area contributed by atoms with Crippen molar-refractivity contribution in [3.8, 4) is 0 Å². The van der Waals surface area contributed by atoms with Gasteiger partial charge in [0, 0.05) is 17.4 Å². The third-order valence-electron chi connectivity index (χ3n) is 2.56. The lowest BCUT2D eigenvalue weighted by atomic mass is 10.1. The molecule has 1 aromatic heterocycles. The van der Waals surface area contributed by atoms with Crippen LogP contribution in [0.2, 0.25) is 0 Å². The van der Waals surface area contributed by atoms with Crippen molar-refractivity contribution in [2.24, 2.45) is 5.73 Å². The van der Waals surface area contributed by atoms with Gasteiger partial charge in [0.05, 0.1) is 17.3 Å². The van der Waals surface area contributed by atoms with Crippen molar-refractivity contribution >= 4 is 11.3 Å². The Morgan fingerprint density at radius 2 is 2.50 bits per heavy atom. The normalized spacial score (nSPS) is 21.7. The molecule has 0 radical (unpaired) electrons. The topological polar surface area (TPSA) is 48.1 Å². The lowest BCUT2D eigenvalue weighted by Gasteiger charge is -2.00. The minimum Gasteiger partial charge on any atom is -0.381 e. The van der Waals surface area contributed by atoms with Crippen LogP contribution in [0.5, 0.6) is 0 Å². The number of nitrogens with two attached hydrogens (primary N) is 1. The van der Waals surface area contributed by atoms with Crippen LogP contribution in [0, 0.1) is 6.92 Å². The molecule has 1 saturated heterocycles. The van der Waals surface area contributed by atoms with Gasteiger partial charge in [-0.25, -0.2) is 4.98 Å². The van der Waals surface area contributed by atoms with Crippen LogP contribution in [0.25, 0.3) is 0 Å². The summed E-state index contributed by atoms with van der Waals surface area (Å²) >= 11 is 1.81. The molecule has 1 fully saturated rings. The number of hydrogen-bond acceptors (Lipinski definition) is 4. The van der Waals surface area contributed by atoms with E-state index < -0.39 is 0 Å². The Morgan fingerprint density at radius 1 is 1.64 bits per heavy atom. The Kier molecular flexibility index (Phi) is 3.15. The molecule has 0 aromatic carbocycles. The molecule has 1 atom stereocenters. The van der Waals surface area contributed by atoms with E-state index in [0.29, 0.717) is 12.5 Å². The highest BCUT2D eigenvalue weighted by atomic mass is 32.1. The summed E-state index contributed by atoms with van der Waals surface area (Å²) in [5, 5.41) is 1.24. The fraction of sp³-hybridized carbons (Fsp3) is 0.700. The fourth-order valence-corrected chi connectivity index (χ4v) is 2.92. The number of aryl methyl sites for hydroxylation is 1. The molecular weight excluding hydrogens is 196 g/mol. The van der Waals surface area contributed by atoms with Gasteiger partial charge in [-0.2, -0.15) is 0 Å². The molecule has 1 aliphatic heterocycles. The first kappa shape index (κ1) is 10.1. The van der Waals surface area contributed by atoms with Gasteiger partial charge in [-0.15, -0.1) is 11.3 Å². The van der Waals surface area contributed by atoms with Gasteiger partial charge < -0.3 is 10.5 Å². The van der Waals surface area contributed by atoms with Gasteiger partial charge in [0.15, 0.2) is 0 Å². The first-order chi connectivity index (χ1) is 6.81. The predicted molar refractivity (Wildman–Crippen MR) is 57.8 cm³/mol. The highest BCUT2D eigenvalue weighted by Crippen LogP contribution is 2.30. The Labute approximate surface area is 88.3 Å². The molecule has 1 unspecified atom stereocenters. The van der Waals surface area contributed by atoms with Crippen LogP contribution in [0.15, 0.2) is 0 Å². The maximum absolute atomic E-state index is 5.55. The smallest absolute Gasteiger partial charge is 0.0985 e. The molecule has 2 rings (SSSR count). The second kappa shape index (κ2) is 4.38. The third kappa shape index (κ3) is 1.97. The second-order valence-corrected chi connectivity index (χ2v) is 4.78. The summed E-state index contributed by atoms with van der Waals surface area (Å²) < 4.78 is 5.36. The molecule has 78 valence electrons. The maximum Gasteiger partial charge on any atom is 0.0985 e. The number of nitrogens with zero attached hydrogens (tertiary/aromatic N) is 1. The minimum atomic E-state index is 0.533. The van der Waals surface area contributed by atoms with E-state index in [4.69, 9.17) is 10.5 Å². The summed E-state index contributed by atoms with van der Waals surface area (Å²) in [5.74, 6) is 0.533. The van der Waals surface area contributed by atoms with Crippen LogP contribution in [-0.2, 0) is 11.2 Å². The van der Waals surface area contributed by atoms with E-state index in [1.54, 1.807) is 0 Å².